The Morgan fingerprint density at radius 1 is 0.714 bits per heavy atom. The molecule has 0 fully saturated rings. The highest BCUT2D eigenvalue weighted by atomic mass is 32.1. The quantitative estimate of drug-likeness (QED) is 0.187. The van der Waals surface area contributed by atoms with E-state index >= 15 is 0 Å². The monoisotopic (exact) mass is 561 g/mol. The molecule has 0 aliphatic heterocycles. The lowest BCUT2D eigenvalue weighted by Crippen LogP contribution is -2.04. The molecule has 0 aliphatic rings. The number of hydrogen-bond acceptors (Lipinski definition) is 3. The Balaban J connectivity index is 1.23. The van der Waals surface area contributed by atoms with Crippen LogP contribution in [0, 0.1) is 6.92 Å². The number of rotatable bonds is 8. The maximum Gasteiger partial charge on any atom is 0.187 e. The summed E-state index contributed by atoms with van der Waals surface area (Å²) >= 11 is 1.91. The molecular weight excluding hydrogens is 529 g/mol. The van der Waals surface area contributed by atoms with Gasteiger partial charge in [-0.3, -0.25) is 0 Å². The van der Waals surface area contributed by atoms with Gasteiger partial charge in [0.15, 0.2) is 7.85 Å². The van der Waals surface area contributed by atoms with E-state index in [-0.39, 0.29) is 0 Å². The molecule has 2 aromatic heterocycles. The number of para-hydroxylation sites is 1. The lowest BCUT2D eigenvalue weighted by molar-refractivity contribution is 0.654. The lowest BCUT2D eigenvalue weighted by atomic mass is 9.87. The molecule has 204 valence electrons. The van der Waals surface area contributed by atoms with Crippen LogP contribution < -0.4 is 11.0 Å². The van der Waals surface area contributed by atoms with Crippen LogP contribution in [0.3, 0.4) is 0 Å². The molecule has 0 amide bonds. The molecule has 2 heterocycles. The summed E-state index contributed by atoms with van der Waals surface area (Å²) in [5, 5.41) is 6.23. The normalized spacial score (nSPS) is 11.4. The van der Waals surface area contributed by atoms with Crippen LogP contribution >= 0.6 is 11.3 Å². The standard InChI is InChI=1S/C38H32BNOS/c1-25-18-22-29(23-19-25)40-37-31-14-6-8-16-34(31)42-35(37)17-9-12-27-20-21-28(26-10-3-2-4-11-26)24-32(27)36-30-13-5-7-15-33(30)41-38(36)39/h2-8,10-11,13-16,18-24,40H,9,12,17,39H2,1H3. The van der Waals surface area contributed by atoms with Crippen molar-refractivity contribution in [3.63, 3.8) is 0 Å². The van der Waals surface area contributed by atoms with Gasteiger partial charge in [-0.25, -0.2) is 0 Å². The minimum absolute atomic E-state index is 0.943. The van der Waals surface area contributed by atoms with Crippen LogP contribution in [0.4, 0.5) is 11.4 Å². The molecule has 2 nitrogen and oxygen atoms in total. The Morgan fingerprint density at radius 3 is 2.29 bits per heavy atom. The van der Waals surface area contributed by atoms with Crippen LogP contribution in [0.15, 0.2) is 126 Å². The smallest absolute Gasteiger partial charge is 0.187 e. The number of aryl methyl sites for hydroxylation is 3. The molecule has 5 aromatic carbocycles. The van der Waals surface area contributed by atoms with Gasteiger partial charge in [0.05, 0.1) is 11.3 Å². The molecule has 0 spiro atoms. The molecule has 42 heavy (non-hydrogen) atoms. The Morgan fingerprint density at radius 2 is 1.45 bits per heavy atom. The van der Waals surface area contributed by atoms with Gasteiger partial charge in [0.25, 0.3) is 0 Å². The van der Waals surface area contributed by atoms with E-state index in [1.54, 1.807) is 0 Å². The molecular formula is C38H32BNOS. The zero-order chi connectivity index (χ0) is 28.5. The number of anilines is 2. The summed E-state index contributed by atoms with van der Waals surface area (Å²) in [4.78, 5) is 1.41. The molecule has 4 heteroatoms. The van der Waals surface area contributed by atoms with Gasteiger partial charge in [-0.2, -0.15) is 0 Å². The van der Waals surface area contributed by atoms with Gasteiger partial charge in [-0.05, 0) is 78.8 Å². The number of furan rings is 1. The van der Waals surface area contributed by atoms with E-state index in [1.165, 1.54) is 59.4 Å². The van der Waals surface area contributed by atoms with Gasteiger partial charge in [0, 0.05) is 31.6 Å². The van der Waals surface area contributed by atoms with E-state index in [0.717, 1.165) is 36.2 Å². The van der Waals surface area contributed by atoms with Gasteiger partial charge in [0.1, 0.15) is 5.58 Å². The lowest BCUT2D eigenvalue weighted by Gasteiger charge is -2.14. The predicted molar refractivity (Wildman–Crippen MR) is 184 cm³/mol. The van der Waals surface area contributed by atoms with Crippen molar-refractivity contribution in [2.24, 2.45) is 0 Å². The van der Waals surface area contributed by atoms with Gasteiger partial charge in [0.2, 0.25) is 0 Å². The zero-order valence-electron chi connectivity index (χ0n) is 24.0. The fourth-order valence-electron chi connectivity index (χ4n) is 5.97. The zero-order valence-corrected chi connectivity index (χ0v) is 24.8. The first-order valence-corrected chi connectivity index (χ1v) is 15.5. The summed E-state index contributed by atoms with van der Waals surface area (Å²) in [7, 11) is 2.09. The molecule has 0 atom stereocenters. The molecule has 0 radical (unpaired) electrons. The van der Waals surface area contributed by atoms with Gasteiger partial charge < -0.3 is 9.73 Å². The number of thiophene rings is 1. The van der Waals surface area contributed by atoms with Crippen molar-refractivity contribution in [3.05, 3.63) is 137 Å². The molecule has 0 aliphatic carbocycles. The highest BCUT2D eigenvalue weighted by Crippen LogP contribution is 2.39. The van der Waals surface area contributed by atoms with Gasteiger partial charge in [-0.15, -0.1) is 11.3 Å². The van der Waals surface area contributed by atoms with Crippen LogP contribution in [0.25, 0.3) is 43.3 Å². The Hall–Kier alpha value is -4.54. The summed E-state index contributed by atoms with van der Waals surface area (Å²) in [6.45, 7) is 2.13. The van der Waals surface area contributed by atoms with Crippen LogP contribution in [-0.2, 0) is 12.8 Å². The van der Waals surface area contributed by atoms with Crippen LogP contribution in [-0.4, -0.2) is 7.85 Å². The Bertz CT molecular complexity index is 2000. The number of benzene rings is 5. The van der Waals surface area contributed by atoms with Crippen LogP contribution in [0.5, 0.6) is 0 Å². The van der Waals surface area contributed by atoms with Crippen molar-refractivity contribution < 1.29 is 4.42 Å². The minimum Gasteiger partial charge on any atom is -0.471 e. The maximum absolute atomic E-state index is 6.23. The summed E-state index contributed by atoms with van der Waals surface area (Å²) in [5.41, 5.74) is 11.9. The van der Waals surface area contributed by atoms with Crippen molar-refractivity contribution in [3.8, 4) is 22.3 Å². The topological polar surface area (TPSA) is 25.2 Å². The molecule has 0 unspecified atom stereocenters. The third-order valence-electron chi connectivity index (χ3n) is 8.10. The van der Waals surface area contributed by atoms with E-state index in [1.807, 2.05) is 17.4 Å². The van der Waals surface area contributed by atoms with E-state index in [0.29, 0.717) is 0 Å². The second-order valence-electron chi connectivity index (χ2n) is 11.0. The second-order valence-corrected chi connectivity index (χ2v) is 12.1. The molecule has 1 N–H and O–H groups in total. The first kappa shape index (κ1) is 26.4. The van der Waals surface area contributed by atoms with E-state index in [4.69, 9.17) is 4.42 Å². The first-order chi connectivity index (χ1) is 20.6. The SMILES string of the molecule is Bc1oc2ccccc2c1-c1cc(-c2ccccc2)ccc1CCCc1sc2ccccc2c1Nc1ccc(C)cc1. The average molecular weight is 562 g/mol. The van der Waals surface area contributed by atoms with E-state index in [2.05, 4.69) is 135 Å². The molecule has 7 aromatic rings. The van der Waals surface area contributed by atoms with E-state index in [9.17, 15) is 0 Å². The molecule has 0 saturated carbocycles. The maximum atomic E-state index is 6.23. The summed E-state index contributed by atoms with van der Waals surface area (Å²) in [5.74, 6) is 0. The molecule has 0 saturated heterocycles. The second kappa shape index (κ2) is 11.4. The highest BCUT2D eigenvalue weighted by molar-refractivity contribution is 7.19. The fourth-order valence-corrected chi connectivity index (χ4v) is 7.17. The number of hydrogen-bond donors (Lipinski definition) is 1. The average Bonchev–Trinajstić information content (AvgIpc) is 3.55. The van der Waals surface area contributed by atoms with Crippen molar-refractivity contribution in [1.29, 1.82) is 0 Å². The molecule has 0 bridgehead atoms. The van der Waals surface area contributed by atoms with Crippen LogP contribution in [0.2, 0.25) is 0 Å². The minimum atomic E-state index is 0.943. The largest absolute Gasteiger partial charge is 0.471 e. The molecule has 7 rings (SSSR count). The number of fused-ring (bicyclic) bond motifs is 2. The van der Waals surface area contributed by atoms with Crippen molar-refractivity contribution in [2.45, 2.75) is 26.2 Å². The summed E-state index contributed by atoms with van der Waals surface area (Å²) in [6, 6.07) is 43.4. The number of nitrogens with one attached hydrogen (secondary N) is 1. The van der Waals surface area contributed by atoms with Crippen molar-refractivity contribution in [1.82, 2.24) is 0 Å². The summed E-state index contributed by atoms with van der Waals surface area (Å²) < 4.78 is 7.56. The third kappa shape index (κ3) is 5.15. The fraction of sp³-hybridized carbons (Fsp3) is 0.105. The van der Waals surface area contributed by atoms with Gasteiger partial charge in [-0.1, -0.05) is 96.6 Å². The summed E-state index contributed by atoms with van der Waals surface area (Å²) in [6.07, 6.45) is 3.06. The predicted octanol–water partition coefficient (Wildman–Crippen LogP) is 9.47. The van der Waals surface area contributed by atoms with Gasteiger partial charge >= 0.3 is 0 Å². The van der Waals surface area contributed by atoms with Crippen molar-refractivity contribution >= 4 is 57.3 Å². The Kier molecular flexibility index (Phi) is 7.15. The highest BCUT2D eigenvalue weighted by Gasteiger charge is 2.18. The van der Waals surface area contributed by atoms with E-state index < -0.39 is 0 Å². The Labute approximate surface area is 252 Å². The van der Waals surface area contributed by atoms with Crippen molar-refractivity contribution in [2.75, 3.05) is 5.32 Å². The first-order valence-electron chi connectivity index (χ1n) is 14.6. The third-order valence-corrected chi connectivity index (χ3v) is 9.33. The van der Waals surface area contributed by atoms with Crippen LogP contribution in [0.1, 0.15) is 22.4 Å².